The molecule has 0 fully saturated rings. The van der Waals surface area contributed by atoms with Gasteiger partial charge in [-0.05, 0) is 24.6 Å². The fraction of sp³-hybridized carbons (Fsp3) is 0.364. The summed E-state index contributed by atoms with van der Waals surface area (Å²) >= 11 is 1.42. The van der Waals surface area contributed by atoms with Gasteiger partial charge in [0.15, 0.2) is 5.72 Å². The Kier molecular flexibility index (Phi) is 6.78. The van der Waals surface area contributed by atoms with Gasteiger partial charge in [0.25, 0.3) is 0 Å². The number of hydrogen-bond donors (Lipinski definition) is 4. The number of nitrogens with one attached hydrogen (secondary N) is 2. The maximum Gasteiger partial charge on any atom is 0.230 e. The first-order valence-electron chi connectivity index (χ1n) is 5.40. The highest BCUT2D eigenvalue weighted by Gasteiger charge is 2.25. The molecule has 0 saturated carbocycles. The van der Waals surface area contributed by atoms with Crippen molar-refractivity contribution in [2.24, 2.45) is 0 Å². The van der Waals surface area contributed by atoms with E-state index in [1.807, 2.05) is 35.2 Å². The van der Waals surface area contributed by atoms with Crippen molar-refractivity contribution in [1.29, 1.82) is 0 Å². The molecular formula is C11H16N2O5S. The second-order valence-corrected chi connectivity index (χ2v) is 4.94. The fourth-order valence-corrected chi connectivity index (χ4v) is 2.11. The molecule has 1 atom stereocenters. The molecule has 0 bridgehead atoms. The van der Waals surface area contributed by atoms with E-state index in [0.717, 1.165) is 10.5 Å². The number of thioether (sulfide) groups is 1. The summed E-state index contributed by atoms with van der Waals surface area (Å²) in [5.41, 5.74) is 3.78. The molecule has 0 heterocycles. The maximum atomic E-state index is 10.2. The van der Waals surface area contributed by atoms with Gasteiger partial charge in [-0.25, -0.2) is 15.2 Å². The number of hydrogen-bond acceptors (Lipinski definition) is 7. The Balaban J connectivity index is 2.51. The van der Waals surface area contributed by atoms with Crippen LogP contribution in [0.4, 0.5) is 0 Å². The zero-order chi connectivity index (χ0) is 14.1. The molecule has 0 spiro atoms. The number of hydroxylamine groups is 2. The van der Waals surface area contributed by atoms with Crippen LogP contribution in [0.15, 0.2) is 29.2 Å². The van der Waals surface area contributed by atoms with E-state index in [4.69, 9.17) is 15.3 Å². The summed E-state index contributed by atoms with van der Waals surface area (Å²) in [6, 6.07) is 7.33. The minimum Gasteiger partial charge on any atom is -0.314 e. The largest absolute Gasteiger partial charge is 0.314 e. The van der Waals surface area contributed by atoms with Crippen molar-refractivity contribution < 1.29 is 25.0 Å². The number of benzene rings is 1. The summed E-state index contributed by atoms with van der Waals surface area (Å²) in [4.78, 5) is 20.1. The normalized spacial score (nSPS) is 13.8. The smallest absolute Gasteiger partial charge is 0.230 e. The summed E-state index contributed by atoms with van der Waals surface area (Å²) < 4.78 is 0. The van der Waals surface area contributed by atoms with Gasteiger partial charge in [0.2, 0.25) is 6.41 Å². The highest BCUT2D eigenvalue weighted by atomic mass is 32.2. The Morgan fingerprint density at radius 1 is 1.42 bits per heavy atom. The van der Waals surface area contributed by atoms with Crippen LogP contribution in [-0.4, -0.2) is 28.4 Å². The van der Waals surface area contributed by atoms with Crippen molar-refractivity contribution in [2.75, 3.05) is 5.75 Å². The average molecular weight is 288 g/mol. The van der Waals surface area contributed by atoms with Gasteiger partial charge in [0.1, 0.15) is 6.61 Å². The molecule has 1 aromatic rings. The van der Waals surface area contributed by atoms with Crippen LogP contribution in [0, 0.1) is 0 Å². The highest BCUT2D eigenvalue weighted by Crippen LogP contribution is 2.23. The van der Waals surface area contributed by atoms with Crippen LogP contribution in [-0.2, 0) is 21.1 Å². The van der Waals surface area contributed by atoms with E-state index in [1.54, 1.807) is 6.92 Å². The third kappa shape index (κ3) is 5.55. The van der Waals surface area contributed by atoms with Gasteiger partial charge in [0, 0.05) is 10.6 Å². The van der Waals surface area contributed by atoms with E-state index in [0.29, 0.717) is 12.2 Å². The molecule has 0 radical (unpaired) electrons. The van der Waals surface area contributed by atoms with Gasteiger partial charge in [-0.1, -0.05) is 12.1 Å². The van der Waals surface area contributed by atoms with Crippen LogP contribution in [0.2, 0.25) is 0 Å². The number of carbonyl (C=O) groups excluding carboxylic acids is 1. The number of amides is 1. The van der Waals surface area contributed by atoms with Crippen LogP contribution in [0.3, 0.4) is 0 Å². The third-order valence-corrected chi connectivity index (χ3v) is 3.54. The third-order valence-electron chi connectivity index (χ3n) is 2.24. The average Bonchev–Trinajstić information content (AvgIpc) is 2.45. The second kappa shape index (κ2) is 8.10. The Hall–Kier alpha value is -1.16. The summed E-state index contributed by atoms with van der Waals surface area (Å²) in [5.74, 6) is 0.361. The molecule has 8 heteroatoms. The van der Waals surface area contributed by atoms with Crippen molar-refractivity contribution in [3.63, 3.8) is 0 Å². The number of rotatable bonds is 9. The van der Waals surface area contributed by atoms with Crippen molar-refractivity contribution in [3.8, 4) is 0 Å². The first-order valence-corrected chi connectivity index (χ1v) is 6.38. The van der Waals surface area contributed by atoms with Gasteiger partial charge in [-0.15, -0.1) is 11.8 Å². The SMILES string of the molecule is CC(CSc1ccc(COO)cc1)(NO)ONC=O. The number of carbonyl (C=O) groups is 1. The van der Waals surface area contributed by atoms with E-state index < -0.39 is 5.72 Å². The van der Waals surface area contributed by atoms with Crippen LogP contribution in [0.1, 0.15) is 12.5 Å². The monoisotopic (exact) mass is 288 g/mol. The predicted molar refractivity (Wildman–Crippen MR) is 68.2 cm³/mol. The van der Waals surface area contributed by atoms with Crippen LogP contribution < -0.4 is 11.0 Å². The van der Waals surface area contributed by atoms with Crippen molar-refractivity contribution in [3.05, 3.63) is 29.8 Å². The van der Waals surface area contributed by atoms with Gasteiger partial charge < -0.3 is 5.21 Å². The zero-order valence-electron chi connectivity index (χ0n) is 10.3. The molecule has 7 nitrogen and oxygen atoms in total. The predicted octanol–water partition coefficient (Wildman–Crippen LogP) is 1.14. The van der Waals surface area contributed by atoms with Crippen molar-refractivity contribution in [2.45, 2.75) is 24.2 Å². The molecule has 1 amide bonds. The molecule has 0 aliphatic carbocycles. The maximum absolute atomic E-state index is 10.2. The zero-order valence-corrected chi connectivity index (χ0v) is 11.1. The minimum absolute atomic E-state index is 0.132. The van der Waals surface area contributed by atoms with E-state index in [1.165, 1.54) is 11.8 Å². The Morgan fingerprint density at radius 2 is 2.11 bits per heavy atom. The minimum atomic E-state index is -1.10. The van der Waals surface area contributed by atoms with Gasteiger partial charge in [-0.3, -0.25) is 10.1 Å². The molecule has 106 valence electrons. The lowest BCUT2D eigenvalue weighted by atomic mass is 10.2. The first-order chi connectivity index (χ1) is 9.13. The fourth-order valence-electron chi connectivity index (χ4n) is 1.22. The molecule has 19 heavy (non-hydrogen) atoms. The molecule has 0 saturated heterocycles. The van der Waals surface area contributed by atoms with Gasteiger partial charge in [-0.2, -0.15) is 5.48 Å². The summed E-state index contributed by atoms with van der Waals surface area (Å²) in [5, 5.41) is 17.3. The quantitative estimate of drug-likeness (QED) is 0.178. The van der Waals surface area contributed by atoms with Gasteiger partial charge in [0.05, 0.1) is 0 Å². The first kappa shape index (κ1) is 15.9. The molecule has 0 aliphatic rings. The summed E-state index contributed by atoms with van der Waals surface area (Å²) in [6.07, 6.45) is 0.379. The summed E-state index contributed by atoms with van der Waals surface area (Å²) in [7, 11) is 0. The molecule has 1 rings (SSSR count). The lowest BCUT2D eigenvalue weighted by Gasteiger charge is -2.25. The molecule has 1 aromatic carbocycles. The Labute approximate surface area is 114 Å². The van der Waals surface area contributed by atoms with E-state index in [2.05, 4.69) is 4.89 Å². The molecule has 4 N–H and O–H groups in total. The lowest BCUT2D eigenvalue weighted by Crippen LogP contribution is -2.48. The standard InChI is InChI=1S/C11H16N2O5S/c1-11(13-15,18-12-8-14)7-19-10-4-2-9(3-5-10)6-17-16/h2-5,8,13,15-16H,6-7H2,1H3,(H,12,14). The van der Waals surface area contributed by atoms with Crippen molar-refractivity contribution in [1.82, 2.24) is 11.0 Å². The molecule has 0 aliphatic heterocycles. The molecular weight excluding hydrogens is 272 g/mol. The molecule has 1 unspecified atom stereocenters. The van der Waals surface area contributed by atoms with Crippen LogP contribution >= 0.6 is 11.8 Å². The topological polar surface area (TPSA) is 100 Å². The molecule has 0 aromatic heterocycles. The van der Waals surface area contributed by atoms with Crippen molar-refractivity contribution >= 4 is 18.2 Å². The van der Waals surface area contributed by atoms with Gasteiger partial charge >= 0.3 is 0 Å². The highest BCUT2D eigenvalue weighted by molar-refractivity contribution is 7.99. The Bertz CT molecular complexity index is 389. The van der Waals surface area contributed by atoms with E-state index in [-0.39, 0.29) is 6.61 Å². The van der Waals surface area contributed by atoms with E-state index in [9.17, 15) is 4.79 Å². The Morgan fingerprint density at radius 3 is 2.63 bits per heavy atom. The van der Waals surface area contributed by atoms with Crippen LogP contribution in [0.5, 0.6) is 0 Å². The van der Waals surface area contributed by atoms with E-state index >= 15 is 0 Å². The second-order valence-electron chi connectivity index (χ2n) is 3.89. The van der Waals surface area contributed by atoms with Crippen LogP contribution in [0.25, 0.3) is 0 Å². The summed E-state index contributed by atoms with van der Waals surface area (Å²) in [6.45, 7) is 1.72. The lowest BCUT2D eigenvalue weighted by molar-refractivity contribution is -0.253.